The summed E-state index contributed by atoms with van der Waals surface area (Å²) >= 11 is 12.5. The molecule has 1 atom stereocenters. The minimum atomic E-state index is -4.17. The summed E-state index contributed by atoms with van der Waals surface area (Å²) in [6, 6.07) is 17.1. The van der Waals surface area contributed by atoms with Crippen molar-refractivity contribution >= 4 is 50.7 Å². The molecule has 0 saturated carbocycles. The lowest BCUT2D eigenvalue weighted by Gasteiger charge is -2.32. The highest BCUT2D eigenvalue weighted by atomic mass is 35.5. The molecule has 0 saturated heterocycles. The monoisotopic (exact) mass is 589 g/mol. The van der Waals surface area contributed by atoms with Gasteiger partial charge in [0.15, 0.2) is 0 Å². The van der Waals surface area contributed by atoms with E-state index in [2.05, 4.69) is 5.32 Å². The van der Waals surface area contributed by atoms with E-state index < -0.39 is 28.5 Å². The molecule has 3 aromatic carbocycles. The van der Waals surface area contributed by atoms with E-state index in [9.17, 15) is 18.0 Å². The Bertz CT molecular complexity index is 1440. The van der Waals surface area contributed by atoms with Crippen LogP contribution in [0.1, 0.15) is 37.5 Å². The summed E-state index contributed by atoms with van der Waals surface area (Å²) in [5.41, 5.74) is 2.60. The van der Waals surface area contributed by atoms with E-state index >= 15 is 0 Å². The smallest absolute Gasteiger partial charge is 0.264 e. The van der Waals surface area contributed by atoms with E-state index in [1.807, 2.05) is 20.8 Å². The third-order valence-corrected chi connectivity index (χ3v) is 8.60. The maximum atomic E-state index is 13.9. The van der Waals surface area contributed by atoms with Crippen molar-refractivity contribution in [3.63, 3.8) is 0 Å². The molecule has 3 aromatic rings. The maximum Gasteiger partial charge on any atom is 0.264 e. The number of rotatable bonds is 10. The van der Waals surface area contributed by atoms with E-state index in [1.165, 1.54) is 23.1 Å². The van der Waals surface area contributed by atoms with Gasteiger partial charge >= 0.3 is 0 Å². The van der Waals surface area contributed by atoms with Gasteiger partial charge in [-0.25, -0.2) is 8.42 Å². The zero-order valence-corrected chi connectivity index (χ0v) is 24.9. The molecule has 0 aliphatic heterocycles. The third-order valence-electron chi connectivity index (χ3n) is 6.17. The molecule has 0 spiro atoms. The first-order valence-electron chi connectivity index (χ1n) is 12.5. The number of hydrogen-bond acceptors (Lipinski definition) is 4. The molecule has 0 radical (unpaired) electrons. The highest BCUT2D eigenvalue weighted by Crippen LogP contribution is 2.29. The summed E-state index contributed by atoms with van der Waals surface area (Å²) in [5, 5.41) is 3.68. The van der Waals surface area contributed by atoms with Crippen molar-refractivity contribution in [1.29, 1.82) is 0 Å². The number of benzene rings is 3. The SMILES string of the molecule is Cc1ccc(S(=O)(=O)N(CC(=O)N(Cc2cccc(Cl)c2)[C@H](C)C(=O)NC(C)C)c2ccc(C)c(Cl)c2)cc1. The van der Waals surface area contributed by atoms with Gasteiger partial charge < -0.3 is 10.2 Å². The van der Waals surface area contributed by atoms with Crippen molar-refractivity contribution in [2.45, 2.75) is 58.1 Å². The highest BCUT2D eigenvalue weighted by molar-refractivity contribution is 7.92. The summed E-state index contributed by atoms with van der Waals surface area (Å²) in [7, 11) is -4.17. The molecule has 3 rings (SSSR count). The van der Waals surface area contributed by atoms with Crippen molar-refractivity contribution in [2.24, 2.45) is 0 Å². The highest BCUT2D eigenvalue weighted by Gasteiger charge is 2.33. The zero-order valence-electron chi connectivity index (χ0n) is 22.6. The van der Waals surface area contributed by atoms with Crippen LogP contribution in [-0.2, 0) is 26.2 Å². The second-order valence-electron chi connectivity index (χ2n) is 9.75. The van der Waals surface area contributed by atoms with Crippen LogP contribution in [0.5, 0.6) is 0 Å². The second kappa shape index (κ2) is 12.9. The molecule has 1 N–H and O–H groups in total. The first kappa shape index (κ1) is 30.5. The summed E-state index contributed by atoms with van der Waals surface area (Å²) in [6.45, 7) is 8.43. The summed E-state index contributed by atoms with van der Waals surface area (Å²) < 4.78 is 28.8. The molecule has 0 bridgehead atoms. The second-order valence-corrected chi connectivity index (χ2v) is 12.5. The van der Waals surface area contributed by atoms with Gasteiger partial charge in [-0.05, 0) is 82.1 Å². The van der Waals surface area contributed by atoms with Gasteiger partial charge in [0.1, 0.15) is 12.6 Å². The Morgan fingerprint density at radius 3 is 2.18 bits per heavy atom. The first-order valence-corrected chi connectivity index (χ1v) is 14.7. The predicted octanol–water partition coefficient (Wildman–Crippen LogP) is 5.75. The van der Waals surface area contributed by atoms with E-state index in [-0.39, 0.29) is 29.1 Å². The molecular formula is C29H33Cl2N3O4S. The molecule has 208 valence electrons. The van der Waals surface area contributed by atoms with Crippen molar-refractivity contribution in [2.75, 3.05) is 10.8 Å². The molecule has 0 unspecified atom stereocenters. The van der Waals surface area contributed by atoms with Crippen molar-refractivity contribution in [3.8, 4) is 0 Å². The van der Waals surface area contributed by atoms with Gasteiger partial charge in [-0.3, -0.25) is 13.9 Å². The number of carbonyl (C=O) groups excluding carboxylic acids is 2. The Morgan fingerprint density at radius 1 is 0.923 bits per heavy atom. The van der Waals surface area contributed by atoms with E-state index in [0.717, 1.165) is 15.4 Å². The van der Waals surface area contributed by atoms with Crippen molar-refractivity contribution in [3.05, 3.63) is 93.5 Å². The van der Waals surface area contributed by atoms with Crippen LogP contribution in [0.2, 0.25) is 10.0 Å². The van der Waals surface area contributed by atoms with Crippen LogP contribution in [0, 0.1) is 13.8 Å². The molecule has 0 aliphatic carbocycles. The average molecular weight is 591 g/mol. The van der Waals surface area contributed by atoms with Crippen LogP contribution in [0.4, 0.5) is 5.69 Å². The Morgan fingerprint density at radius 2 is 1.59 bits per heavy atom. The number of amides is 2. The lowest BCUT2D eigenvalue weighted by Crippen LogP contribution is -2.52. The standard InChI is InChI=1S/C29H33Cl2N3O4S/c1-19(2)32-29(36)22(5)33(17-23-7-6-8-24(30)15-23)28(35)18-34(25-12-11-21(4)27(31)16-25)39(37,38)26-13-9-20(3)10-14-26/h6-16,19,22H,17-18H2,1-5H3,(H,32,36)/t22-/m1/s1. The van der Waals surface area contributed by atoms with E-state index in [0.29, 0.717) is 15.6 Å². The number of carbonyl (C=O) groups is 2. The average Bonchev–Trinajstić information content (AvgIpc) is 2.87. The number of halogens is 2. The van der Waals surface area contributed by atoms with E-state index in [1.54, 1.807) is 62.4 Å². The van der Waals surface area contributed by atoms with Gasteiger partial charge in [-0.2, -0.15) is 0 Å². The quantitative estimate of drug-likeness (QED) is 0.326. The molecule has 0 aliphatic rings. The minimum absolute atomic E-state index is 0.0320. The van der Waals surface area contributed by atoms with E-state index in [4.69, 9.17) is 23.2 Å². The molecule has 7 nitrogen and oxygen atoms in total. The number of hydrogen-bond donors (Lipinski definition) is 1. The van der Waals surface area contributed by atoms with Crippen LogP contribution in [0.15, 0.2) is 71.6 Å². The Hall–Kier alpha value is -3.07. The Balaban J connectivity index is 2.06. The van der Waals surface area contributed by atoms with Gasteiger partial charge in [0.25, 0.3) is 10.0 Å². The molecule has 0 aromatic heterocycles. The lowest BCUT2D eigenvalue weighted by molar-refractivity contribution is -0.139. The number of aryl methyl sites for hydroxylation is 2. The fraction of sp³-hybridized carbons (Fsp3) is 0.310. The predicted molar refractivity (Wildman–Crippen MR) is 157 cm³/mol. The molecule has 10 heteroatoms. The van der Waals surface area contributed by atoms with Gasteiger partial charge in [-0.1, -0.05) is 59.1 Å². The fourth-order valence-corrected chi connectivity index (χ4v) is 5.72. The normalized spacial score (nSPS) is 12.2. The maximum absolute atomic E-state index is 13.9. The molecule has 39 heavy (non-hydrogen) atoms. The molecule has 2 amide bonds. The number of nitrogens with one attached hydrogen (secondary N) is 1. The van der Waals surface area contributed by atoms with Crippen LogP contribution in [0.3, 0.4) is 0 Å². The Kier molecular flexibility index (Phi) is 10.0. The van der Waals surface area contributed by atoms with Crippen molar-refractivity contribution in [1.82, 2.24) is 10.2 Å². The Labute approximate surface area is 240 Å². The van der Waals surface area contributed by atoms with Gasteiger partial charge in [0.2, 0.25) is 11.8 Å². The van der Waals surface area contributed by atoms with Gasteiger partial charge in [-0.15, -0.1) is 0 Å². The fourth-order valence-electron chi connectivity index (χ4n) is 3.92. The summed E-state index contributed by atoms with van der Waals surface area (Å²) in [6.07, 6.45) is 0. The summed E-state index contributed by atoms with van der Waals surface area (Å²) in [4.78, 5) is 28.3. The molecule has 0 heterocycles. The van der Waals surface area contributed by atoms with Crippen LogP contribution < -0.4 is 9.62 Å². The lowest BCUT2D eigenvalue weighted by atomic mass is 10.1. The number of anilines is 1. The first-order chi connectivity index (χ1) is 18.3. The molecule has 0 fully saturated rings. The largest absolute Gasteiger partial charge is 0.352 e. The number of sulfonamides is 1. The van der Waals surface area contributed by atoms with Gasteiger partial charge in [0.05, 0.1) is 10.6 Å². The van der Waals surface area contributed by atoms with Crippen LogP contribution in [0.25, 0.3) is 0 Å². The zero-order chi connectivity index (χ0) is 28.9. The topological polar surface area (TPSA) is 86.8 Å². The van der Waals surface area contributed by atoms with Crippen LogP contribution in [-0.4, -0.2) is 43.8 Å². The van der Waals surface area contributed by atoms with Gasteiger partial charge in [0, 0.05) is 22.6 Å². The molecular weight excluding hydrogens is 557 g/mol. The van der Waals surface area contributed by atoms with Crippen LogP contribution >= 0.6 is 23.2 Å². The summed E-state index contributed by atoms with van der Waals surface area (Å²) in [5.74, 6) is -0.916. The third kappa shape index (κ3) is 7.75. The van der Waals surface area contributed by atoms with Crippen molar-refractivity contribution < 1.29 is 18.0 Å². The minimum Gasteiger partial charge on any atom is -0.352 e. The number of nitrogens with zero attached hydrogens (tertiary/aromatic N) is 2.